The summed E-state index contributed by atoms with van der Waals surface area (Å²) in [4.78, 5) is 31.2. The Bertz CT molecular complexity index is 1270. The molecule has 2 amide bonds. The van der Waals surface area contributed by atoms with Crippen LogP contribution in [0.25, 0.3) is 10.9 Å². The molecule has 9 heteroatoms. The molecule has 0 fully saturated rings. The molecule has 8 nitrogen and oxygen atoms in total. The molecule has 0 bridgehead atoms. The van der Waals surface area contributed by atoms with Gasteiger partial charge < -0.3 is 15.4 Å². The van der Waals surface area contributed by atoms with Gasteiger partial charge in [-0.3, -0.25) is 14.6 Å². The highest BCUT2D eigenvalue weighted by molar-refractivity contribution is 14.1. The third-order valence-electron chi connectivity index (χ3n) is 4.27. The van der Waals surface area contributed by atoms with Gasteiger partial charge in [0, 0.05) is 32.6 Å². The van der Waals surface area contributed by atoms with Crippen LogP contribution in [0.3, 0.4) is 0 Å². The molecule has 2 heterocycles. The van der Waals surface area contributed by atoms with Crippen molar-refractivity contribution in [3.05, 3.63) is 81.7 Å². The fourth-order valence-corrected chi connectivity index (χ4v) is 3.28. The largest absolute Gasteiger partial charge is 0.493 e. The van der Waals surface area contributed by atoms with Crippen molar-refractivity contribution in [3.8, 4) is 5.88 Å². The number of nitrogens with zero attached hydrogens (tertiary/aromatic N) is 3. The molecule has 0 atom stereocenters. The number of anilines is 1. The van der Waals surface area contributed by atoms with Crippen LogP contribution in [0.5, 0.6) is 5.88 Å². The smallest absolute Gasteiger partial charge is 0.295 e. The van der Waals surface area contributed by atoms with Crippen molar-refractivity contribution in [3.63, 3.8) is 0 Å². The number of aromatic hydroxyl groups is 1. The zero-order valence-corrected chi connectivity index (χ0v) is 17.5. The Balaban J connectivity index is 1.49. The molecule has 0 unspecified atom stereocenters. The number of carbonyl (C=O) groups excluding carboxylic acids is 2. The first-order valence-electron chi connectivity index (χ1n) is 8.79. The minimum atomic E-state index is -0.570. The Labute approximate surface area is 184 Å². The van der Waals surface area contributed by atoms with Crippen LogP contribution in [0, 0.1) is 3.57 Å². The van der Waals surface area contributed by atoms with E-state index in [2.05, 4.69) is 48.1 Å². The highest BCUT2D eigenvalue weighted by Crippen LogP contribution is 2.36. The van der Waals surface area contributed by atoms with E-state index < -0.39 is 5.91 Å². The summed E-state index contributed by atoms with van der Waals surface area (Å²) in [6.07, 6.45) is 3.05. The Morgan fingerprint density at radius 3 is 2.60 bits per heavy atom. The predicted molar refractivity (Wildman–Crippen MR) is 120 cm³/mol. The summed E-state index contributed by atoms with van der Waals surface area (Å²) in [7, 11) is 0. The number of hydrogen-bond donors (Lipinski definition) is 3. The van der Waals surface area contributed by atoms with E-state index in [1.165, 1.54) is 18.3 Å². The Hall–Kier alpha value is -3.60. The number of H-pyrrole nitrogens is 1. The van der Waals surface area contributed by atoms with Crippen molar-refractivity contribution >= 4 is 56.7 Å². The number of amides is 2. The van der Waals surface area contributed by atoms with Crippen molar-refractivity contribution < 1.29 is 14.7 Å². The van der Waals surface area contributed by atoms with Gasteiger partial charge in [-0.2, -0.15) is 0 Å². The summed E-state index contributed by atoms with van der Waals surface area (Å²) in [5.41, 5.74) is 2.16. The zero-order chi connectivity index (χ0) is 21.1. The number of benzene rings is 2. The summed E-state index contributed by atoms with van der Waals surface area (Å²) < 4.78 is 0.964. The number of hydrogen-bond acceptors (Lipinski definition) is 5. The average molecular weight is 511 g/mol. The van der Waals surface area contributed by atoms with Gasteiger partial charge in [-0.25, -0.2) is 0 Å². The van der Waals surface area contributed by atoms with Gasteiger partial charge >= 0.3 is 0 Å². The summed E-state index contributed by atoms with van der Waals surface area (Å²) in [6, 6.07) is 15.2. The molecular formula is C21H14IN5O3. The van der Waals surface area contributed by atoms with Gasteiger partial charge in [-0.05, 0) is 77.2 Å². The molecule has 30 heavy (non-hydrogen) atoms. The zero-order valence-electron chi connectivity index (χ0n) is 15.3. The maximum absolute atomic E-state index is 12.4. The van der Waals surface area contributed by atoms with Crippen molar-refractivity contribution in [2.75, 3.05) is 5.32 Å². The van der Waals surface area contributed by atoms with Gasteiger partial charge in [-0.1, -0.05) is 0 Å². The van der Waals surface area contributed by atoms with E-state index in [9.17, 15) is 14.7 Å². The third-order valence-corrected chi connectivity index (χ3v) is 4.94. The first kappa shape index (κ1) is 19.7. The first-order chi connectivity index (χ1) is 14.5. The number of halogens is 1. The lowest BCUT2D eigenvalue weighted by atomic mass is 10.2. The van der Waals surface area contributed by atoms with Crippen LogP contribution >= 0.6 is 22.6 Å². The van der Waals surface area contributed by atoms with Crippen molar-refractivity contribution in [1.82, 2.24) is 9.97 Å². The molecular weight excluding hydrogens is 497 g/mol. The van der Waals surface area contributed by atoms with E-state index in [4.69, 9.17) is 0 Å². The second-order valence-corrected chi connectivity index (χ2v) is 7.54. The molecule has 2 aromatic carbocycles. The molecule has 4 aromatic rings. The minimum Gasteiger partial charge on any atom is -0.493 e. The lowest BCUT2D eigenvalue weighted by Crippen LogP contribution is -2.12. The molecule has 0 aliphatic carbocycles. The van der Waals surface area contributed by atoms with Crippen molar-refractivity contribution in [1.29, 1.82) is 0 Å². The lowest BCUT2D eigenvalue weighted by Gasteiger charge is -2.05. The Morgan fingerprint density at radius 1 is 1.07 bits per heavy atom. The minimum absolute atomic E-state index is 0.156. The second kappa shape index (κ2) is 8.41. The van der Waals surface area contributed by atoms with Gasteiger partial charge in [0.25, 0.3) is 11.8 Å². The second-order valence-electron chi connectivity index (χ2n) is 6.29. The fourth-order valence-electron chi connectivity index (χ4n) is 2.79. The van der Waals surface area contributed by atoms with E-state index in [1.54, 1.807) is 30.5 Å². The molecule has 4 rings (SSSR count). The van der Waals surface area contributed by atoms with Gasteiger partial charge in [0.15, 0.2) is 5.69 Å². The number of azo groups is 1. The van der Waals surface area contributed by atoms with Crippen LogP contribution < -0.4 is 5.32 Å². The quantitative estimate of drug-likeness (QED) is 0.262. The summed E-state index contributed by atoms with van der Waals surface area (Å²) in [6.45, 7) is 0. The monoisotopic (exact) mass is 511 g/mol. The maximum Gasteiger partial charge on any atom is 0.295 e. The molecule has 0 saturated heterocycles. The lowest BCUT2D eigenvalue weighted by molar-refractivity contribution is 0.0993. The molecule has 0 radical (unpaired) electrons. The van der Waals surface area contributed by atoms with Gasteiger partial charge in [0.2, 0.25) is 5.88 Å². The molecule has 0 aliphatic heterocycles. The number of carbonyl (C=O) groups is 2. The van der Waals surface area contributed by atoms with Crippen LogP contribution in [0.1, 0.15) is 20.7 Å². The maximum atomic E-state index is 12.4. The van der Waals surface area contributed by atoms with Gasteiger partial charge in [0.1, 0.15) is 0 Å². The highest BCUT2D eigenvalue weighted by atomic mass is 127. The SMILES string of the molecule is O=C(N=Nc1c(O)[nH]c2ccc(I)cc12)c1ccc(NC(=O)c2cccnc2)cc1. The summed E-state index contributed by atoms with van der Waals surface area (Å²) in [5.74, 6) is -1.03. The van der Waals surface area contributed by atoms with Gasteiger partial charge in [0.05, 0.1) is 11.1 Å². The van der Waals surface area contributed by atoms with E-state index in [-0.39, 0.29) is 17.5 Å². The Kier molecular flexibility index (Phi) is 5.53. The van der Waals surface area contributed by atoms with E-state index in [0.717, 1.165) is 3.57 Å². The summed E-state index contributed by atoms with van der Waals surface area (Å²) in [5, 5.41) is 21.1. The van der Waals surface area contributed by atoms with E-state index in [1.807, 2.05) is 18.2 Å². The molecule has 0 spiro atoms. The van der Waals surface area contributed by atoms with Crippen LogP contribution in [-0.2, 0) is 0 Å². The highest BCUT2D eigenvalue weighted by Gasteiger charge is 2.12. The fraction of sp³-hybridized carbons (Fsp3) is 0. The number of rotatable bonds is 4. The first-order valence-corrected chi connectivity index (χ1v) is 9.87. The van der Waals surface area contributed by atoms with Crippen LogP contribution in [0.2, 0.25) is 0 Å². The normalized spacial score (nSPS) is 11.1. The van der Waals surface area contributed by atoms with Crippen LogP contribution in [0.15, 0.2) is 77.2 Å². The number of pyridine rings is 1. The molecule has 3 N–H and O–H groups in total. The average Bonchev–Trinajstić information content (AvgIpc) is 3.07. The Morgan fingerprint density at radius 2 is 1.87 bits per heavy atom. The van der Waals surface area contributed by atoms with Crippen LogP contribution in [-0.4, -0.2) is 26.9 Å². The standard InChI is InChI=1S/C21H14IN5O3/c22-14-5-8-17-16(10-14)18(21(30)25-17)26-27-20(29)12-3-6-15(7-4-12)24-19(28)13-2-1-9-23-11-13/h1-11,25,30H,(H,24,28). The van der Waals surface area contributed by atoms with E-state index in [0.29, 0.717) is 27.7 Å². The van der Waals surface area contributed by atoms with Gasteiger partial charge in [-0.15, -0.1) is 10.2 Å². The topological polar surface area (TPSA) is 120 Å². The summed E-state index contributed by atoms with van der Waals surface area (Å²) >= 11 is 2.15. The molecule has 2 aromatic heterocycles. The molecule has 0 aliphatic rings. The van der Waals surface area contributed by atoms with Crippen LogP contribution in [0.4, 0.5) is 11.4 Å². The predicted octanol–water partition coefficient (Wildman–Crippen LogP) is 5.05. The third kappa shape index (κ3) is 4.20. The number of nitrogens with one attached hydrogen (secondary N) is 2. The molecule has 0 saturated carbocycles. The van der Waals surface area contributed by atoms with E-state index >= 15 is 0 Å². The van der Waals surface area contributed by atoms with Crippen molar-refractivity contribution in [2.45, 2.75) is 0 Å². The molecule has 148 valence electrons. The van der Waals surface area contributed by atoms with Crippen molar-refractivity contribution in [2.24, 2.45) is 10.2 Å². The number of aromatic amines is 1. The number of fused-ring (bicyclic) bond motifs is 1. The number of aromatic nitrogens is 2.